The Labute approximate surface area is 144 Å². The first-order valence-electron chi connectivity index (χ1n) is 7.26. The zero-order valence-electron chi connectivity index (χ0n) is 12.6. The normalized spacial score (nSPS) is 15.7. The number of carbonyl (C=O) groups excluding carboxylic acids is 1. The Kier molecular flexibility index (Phi) is 4.39. The van der Waals surface area contributed by atoms with Gasteiger partial charge in [-0.1, -0.05) is 42.5 Å². The Morgan fingerprint density at radius 3 is 2.42 bits per heavy atom. The fraction of sp³-hybridized carbons (Fsp3) is 0.0556. The van der Waals surface area contributed by atoms with E-state index in [1.807, 2.05) is 30.3 Å². The van der Waals surface area contributed by atoms with Gasteiger partial charge in [0, 0.05) is 0 Å². The summed E-state index contributed by atoms with van der Waals surface area (Å²) in [5, 5.41) is 11.9. The summed E-state index contributed by atoms with van der Waals surface area (Å²) in [5.41, 5.74) is 2.40. The van der Waals surface area contributed by atoms with Crippen LogP contribution in [0.4, 0.5) is 0 Å². The molecule has 24 heavy (non-hydrogen) atoms. The van der Waals surface area contributed by atoms with Gasteiger partial charge in [-0.25, -0.2) is 4.79 Å². The molecule has 6 heteroatoms. The van der Waals surface area contributed by atoms with Crippen LogP contribution < -0.4 is 5.32 Å². The number of carboxylic acids is 1. The SMILES string of the molecule is O=C1NC(=S)N(Cc2ccccc2)/C1=C\c1ccc(C(=O)O)cc1. The van der Waals surface area contributed by atoms with E-state index in [2.05, 4.69) is 5.32 Å². The van der Waals surface area contributed by atoms with Crippen LogP contribution in [0.3, 0.4) is 0 Å². The van der Waals surface area contributed by atoms with E-state index < -0.39 is 5.97 Å². The van der Waals surface area contributed by atoms with E-state index in [1.54, 1.807) is 23.1 Å². The second kappa shape index (κ2) is 6.64. The van der Waals surface area contributed by atoms with Crippen LogP contribution >= 0.6 is 12.2 Å². The van der Waals surface area contributed by atoms with Crippen molar-refractivity contribution in [2.45, 2.75) is 6.54 Å². The molecule has 1 saturated heterocycles. The van der Waals surface area contributed by atoms with Gasteiger partial charge < -0.3 is 10.0 Å². The lowest BCUT2D eigenvalue weighted by molar-refractivity contribution is -0.115. The Balaban J connectivity index is 1.89. The maximum Gasteiger partial charge on any atom is 0.335 e. The van der Waals surface area contributed by atoms with Gasteiger partial charge in [0.2, 0.25) is 0 Å². The van der Waals surface area contributed by atoms with Gasteiger partial charge in [-0.3, -0.25) is 10.1 Å². The van der Waals surface area contributed by atoms with Crippen molar-refractivity contribution in [1.29, 1.82) is 0 Å². The molecular weight excluding hydrogens is 324 g/mol. The Bertz CT molecular complexity index is 829. The summed E-state index contributed by atoms with van der Waals surface area (Å²) < 4.78 is 0. The minimum atomic E-state index is -0.986. The predicted molar refractivity (Wildman–Crippen MR) is 94.1 cm³/mol. The van der Waals surface area contributed by atoms with Crippen LogP contribution in [-0.4, -0.2) is 27.0 Å². The zero-order valence-corrected chi connectivity index (χ0v) is 13.4. The molecule has 2 aromatic carbocycles. The van der Waals surface area contributed by atoms with Crippen LogP contribution in [-0.2, 0) is 11.3 Å². The van der Waals surface area contributed by atoms with E-state index in [-0.39, 0.29) is 11.5 Å². The van der Waals surface area contributed by atoms with Crippen LogP contribution in [0.2, 0.25) is 0 Å². The first-order valence-corrected chi connectivity index (χ1v) is 7.67. The van der Waals surface area contributed by atoms with Crippen molar-refractivity contribution in [3.8, 4) is 0 Å². The van der Waals surface area contributed by atoms with Crippen molar-refractivity contribution in [1.82, 2.24) is 10.2 Å². The van der Waals surface area contributed by atoms with Gasteiger partial charge >= 0.3 is 5.97 Å². The quantitative estimate of drug-likeness (QED) is 0.662. The second-order valence-corrected chi connectivity index (χ2v) is 5.67. The number of aromatic carboxylic acids is 1. The smallest absolute Gasteiger partial charge is 0.335 e. The Morgan fingerprint density at radius 2 is 1.79 bits per heavy atom. The molecule has 0 saturated carbocycles. The molecule has 3 rings (SSSR count). The summed E-state index contributed by atoms with van der Waals surface area (Å²) in [5.74, 6) is -1.25. The van der Waals surface area contributed by atoms with Gasteiger partial charge in [0.05, 0.1) is 12.1 Å². The third-order valence-corrected chi connectivity index (χ3v) is 3.96. The molecule has 1 aliphatic rings. The molecule has 1 fully saturated rings. The molecule has 1 heterocycles. The Hall–Kier alpha value is -2.99. The third-order valence-electron chi connectivity index (χ3n) is 3.63. The number of hydrogen-bond acceptors (Lipinski definition) is 3. The van der Waals surface area contributed by atoms with Crippen molar-refractivity contribution in [2.75, 3.05) is 0 Å². The van der Waals surface area contributed by atoms with E-state index in [1.165, 1.54) is 12.1 Å². The minimum absolute atomic E-state index is 0.199. The summed E-state index contributed by atoms with van der Waals surface area (Å²) in [7, 11) is 0. The molecular formula is C18H14N2O3S. The van der Waals surface area contributed by atoms with Gasteiger partial charge in [0.25, 0.3) is 5.91 Å². The molecule has 2 aromatic rings. The highest BCUT2D eigenvalue weighted by molar-refractivity contribution is 7.80. The number of carbonyl (C=O) groups is 2. The van der Waals surface area contributed by atoms with Crippen molar-refractivity contribution < 1.29 is 14.7 Å². The van der Waals surface area contributed by atoms with Crippen LogP contribution in [0.15, 0.2) is 60.3 Å². The lowest BCUT2D eigenvalue weighted by atomic mass is 10.1. The van der Waals surface area contributed by atoms with Crippen molar-refractivity contribution in [2.24, 2.45) is 0 Å². The van der Waals surface area contributed by atoms with Gasteiger partial charge in [-0.05, 0) is 41.6 Å². The van der Waals surface area contributed by atoms with Crippen LogP contribution in [0.25, 0.3) is 6.08 Å². The molecule has 0 radical (unpaired) electrons. The molecule has 0 unspecified atom stereocenters. The highest BCUT2D eigenvalue weighted by Crippen LogP contribution is 2.20. The third kappa shape index (κ3) is 3.33. The van der Waals surface area contributed by atoms with Crippen molar-refractivity contribution in [3.05, 3.63) is 77.0 Å². The summed E-state index contributed by atoms with van der Waals surface area (Å²) >= 11 is 5.24. The summed E-state index contributed by atoms with van der Waals surface area (Å²) in [6.45, 7) is 0.484. The first-order chi connectivity index (χ1) is 11.5. The largest absolute Gasteiger partial charge is 0.478 e. The number of amides is 1. The minimum Gasteiger partial charge on any atom is -0.478 e. The maximum absolute atomic E-state index is 12.2. The number of nitrogens with one attached hydrogen (secondary N) is 1. The molecule has 2 N–H and O–H groups in total. The monoisotopic (exact) mass is 338 g/mol. The number of thiocarbonyl (C=S) groups is 1. The number of rotatable bonds is 4. The first kappa shape index (κ1) is 15.9. The molecule has 0 bridgehead atoms. The van der Waals surface area contributed by atoms with Gasteiger partial charge in [-0.15, -0.1) is 0 Å². The molecule has 0 spiro atoms. The highest BCUT2D eigenvalue weighted by atomic mass is 32.1. The molecule has 1 amide bonds. The maximum atomic E-state index is 12.2. The Morgan fingerprint density at radius 1 is 1.12 bits per heavy atom. The summed E-state index contributed by atoms with van der Waals surface area (Å²) in [4.78, 5) is 24.8. The molecule has 1 aliphatic heterocycles. The number of nitrogens with zero attached hydrogens (tertiary/aromatic N) is 1. The van der Waals surface area contributed by atoms with Crippen LogP contribution in [0.5, 0.6) is 0 Å². The lowest BCUT2D eigenvalue weighted by Gasteiger charge is -2.17. The number of benzene rings is 2. The number of hydrogen-bond donors (Lipinski definition) is 2. The van der Waals surface area contributed by atoms with E-state index >= 15 is 0 Å². The average molecular weight is 338 g/mol. The number of carboxylic acid groups (broad SMARTS) is 1. The van der Waals surface area contributed by atoms with Crippen molar-refractivity contribution >= 4 is 35.3 Å². The van der Waals surface area contributed by atoms with Gasteiger partial charge in [-0.2, -0.15) is 0 Å². The second-order valence-electron chi connectivity index (χ2n) is 5.29. The fourth-order valence-electron chi connectivity index (χ4n) is 2.41. The van der Waals surface area contributed by atoms with E-state index in [0.29, 0.717) is 17.4 Å². The lowest BCUT2D eigenvalue weighted by Crippen LogP contribution is -2.26. The van der Waals surface area contributed by atoms with Gasteiger partial charge in [0.1, 0.15) is 5.70 Å². The standard InChI is InChI=1S/C18H14N2O3S/c21-16-15(10-12-6-8-14(9-7-12)17(22)23)20(18(24)19-16)11-13-4-2-1-3-5-13/h1-10H,11H2,(H,22,23)(H,19,21,24)/b15-10-. The van der Waals surface area contributed by atoms with Crippen molar-refractivity contribution in [3.63, 3.8) is 0 Å². The average Bonchev–Trinajstić information content (AvgIpc) is 2.83. The fourth-order valence-corrected chi connectivity index (χ4v) is 2.66. The van der Waals surface area contributed by atoms with Crippen LogP contribution in [0, 0.1) is 0 Å². The van der Waals surface area contributed by atoms with E-state index in [9.17, 15) is 9.59 Å². The predicted octanol–water partition coefficient (Wildman–Crippen LogP) is 2.64. The van der Waals surface area contributed by atoms with Gasteiger partial charge in [0.15, 0.2) is 5.11 Å². The topological polar surface area (TPSA) is 69.6 Å². The molecule has 120 valence electrons. The van der Waals surface area contributed by atoms with E-state index in [4.69, 9.17) is 17.3 Å². The molecule has 0 atom stereocenters. The molecule has 5 nitrogen and oxygen atoms in total. The van der Waals surface area contributed by atoms with E-state index in [0.717, 1.165) is 11.1 Å². The summed E-state index contributed by atoms with van der Waals surface area (Å²) in [6, 6.07) is 16.0. The van der Waals surface area contributed by atoms with Crippen LogP contribution in [0.1, 0.15) is 21.5 Å². The zero-order chi connectivity index (χ0) is 17.1. The summed E-state index contributed by atoms with van der Waals surface area (Å²) in [6.07, 6.45) is 1.70. The molecule has 0 aromatic heterocycles. The molecule has 0 aliphatic carbocycles. The highest BCUT2D eigenvalue weighted by Gasteiger charge is 2.29.